The first-order valence-corrected chi connectivity index (χ1v) is 8.44. The molecule has 2 aromatic rings. The number of guanidine groups is 1. The van der Waals surface area contributed by atoms with Crippen LogP contribution in [-0.4, -0.2) is 37.2 Å². The van der Waals surface area contributed by atoms with E-state index < -0.39 is 0 Å². The van der Waals surface area contributed by atoms with Crippen molar-refractivity contribution in [2.24, 2.45) is 4.99 Å². The molecule has 0 bridgehead atoms. The maximum Gasteiger partial charge on any atom is 0.191 e. The highest BCUT2D eigenvalue weighted by Crippen LogP contribution is 2.19. The van der Waals surface area contributed by atoms with Crippen LogP contribution < -0.4 is 20.1 Å². The van der Waals surface area contributed by atoms with Crippen molar-refractivity contribution >= 4 is 29.9 Å². The zero-order valence-corrected chi connectivity index (χ0v) is 17.8. The fourth-order valence-corrected chi connectivity index (χ4v) is 2.18. The highest BCUT2D eigenvalue weighted by atomic mass is 127. The summed E-state index contributed by atoms with van der Waals surface area (Å²) in [6, 6.07) is 13.4. The minimum Gasteiger partial charge on any atom is -0.497 e. The third kappa shape index (κ3) is 7.90. The second-order valence-corrected chi connectivity index (χ2v) is 5.50. The van der Waals surface area contributed by atoms with Crippen LogP contribution in [0.5, 0.6) is 11.5 Å². The molecular formula is C19H27IN4O2. The zero-order valence-electron chi connectivity index (χ0n) is 15.4. The molecule has 142 valence electrons. The minimum absolute atomic E-state index is 0. The molecule has 0 radical (unpaired) electrons. The maximum atomic E-state index is 5.91. The number of rotatable bonds is 8. The van der Waals surface area contributed by atoms with Crippen LogP contribution in [0.4, 0.5) is 0 Å². The summed E-state index contributed by atoms with van der Waals surface area (Å²) in [7, 11) is 1.64. The second-order valence-electron chi connectivity index (χ2n) is 5.50. The van der Waals surface area contributed by atoms with Gasteiger partial charge in [0, 0.05) is 18.8 Å². The Morgan fingerprint density at radius 1 is 1.15 bits per heavy atom. The molecule has 2 N–H and O–H groups in total. The van der Waals surface area contributed by atoms with Gasteiger partial charge in [-0.05, 0) is 38.1 Å². The Kier molecular flexibility index (Phi) is 10.5. The lowest BCUT2D eigenvalue weighted by molar-refractivity contribution is 0.223. The number of aromatic nitrogens is 1. The number of halogens is 1. The summed E-state index contributed by atoms with van der Waals surface area (Å²) in [6.07, 6.45) is 1.75. The fourth-order valence-electron chi connectivity index (χ4n) is 2.18. The third-order valence-corrected chi connectivity index (χ3v) is 3.40. The molecule has 2 rings (SSSR count). The van der Waals surface area contributed by atoms with Gasteiger partial charge in [0.25, 0.3) is 0 Å². The van der Waals surface area contributed by atoms with E-state index in [0.717, 1.165) is 29.7 Å². The van der Waals surface area contributed by atoms with Gasteiger partial charge in [0.2, 0.25) is 0 Å². The zero-order chi connectivity index (χ0) is 17.9. The molecule has 0 fully saturated rings. The lowest BCUT2D eigenvalue weighted by Gasteiger charge is -2.18. The average Bonchev–Trinajstić information content (AvgIpc) is 2.65. The number of methoxy groups -OCH3 is 1. The van der Waals surface area contributed by atoms with Crippen molar-refractivity contribution < 1.29 is 9.47 Å². The lowest BCUT2D eigenvalue weighted by atomic mass is 10.3. The number of hydrogen-bond acceptors (Lipinski definition) is 4. The number of benzene rings is 1. The van der Waals surface area contributed by atoms with Gasteiger partial charge in [0.1, 0.15) is 17.6 Å². The standard InChI is InChI=1S/C19H26N4O2.HI/c1-4-20-19(23-14-16-8-5-6-11-21-16)22-13-15(2)25-18-10-7-9-17(12-18)24-3;/h5-12,15H,4,13-14H2,1-3H3,(H2,20,22,23);1H. The largest absolute Gasteiger partial charge is 0.497 e. The summed E-state index contributed by atoms with van der Waals surface area (Å²) < 4.78 is 11.1. The first kappa shape index (κ1) is 22.0. The van der Waals surface area contributed by atoms with Crippen molar-refractivity contribution in [1.82, 2.24) is 15.6 Å². The van der Waals surface area contributed by atoms with Crippen LogP contribution in [0.15, 0.2) is 53.7 Å². The van der Waals surface area contributed by atoms with E-state index in [4.69, 9.17) is 9.47 Å². The van der Waals surface area contributed by atoms with Gasteiger partial charge in [-0.3, -0.25) is 4.98 Å². The normalized spacial score (nSPS) is 11.9. The summed E-state index contributed by atoms with van der Waals surface area (Å²) in [5.74, 6) is 2.31. The SMILES string of the molecule is CCNC(=NCc1ccccn1)NCC(C)Oc1cccc(OC)c1.I. The highest BCUT2D eigenvalue weighted by molar-refractivity contribution is 14.0. The molecule has 26 heavy (non-hydrogen) atoms. The molecule has 7 heteroatoms. The molecule has 1 atom stereocenters. The van der Waals surface area contributed by atoms with E-state index in [0.29, 0.717) is 13.1 Å². The number of pyridine rings is 1. The summed E-state index contributed by atoms with van der Waals surface area (Å²) in [5.41, 5.74) is 0.931. The van der Waals surface area contributed by atoms with E-state index in [2.05, 4.69) is 20.6 Å². The third-order valence-electron chi connectivity index (χ3n) is 3.40. The van der Waals surface area contributed by atoms with E-state index >= 15 is 0 Å². The molecule has 1 heterocycles. The Hall–Kier alpha value is -2.03. The molecule has 1 unspecified atom stereocenters. The number of nitrogens with zero attached hydrogens (tertiary/aromatic N) is 2. The van der Waals surface area contributed by atoms with Crippen LogP contribution in [-0.2, 0) is 6.54 Å². The van der Waals surface area contributed by atoms with Crippen LogP contribution in [0.25, 0.3) is 0 Å². The van der Waals surface area contributed by atoms with E-state index in [9.17, 15) is 0 Å². The van der Waals surface area contributed by atoms with Gasteiger partial charge in [-0.25, -0.2) is 4.99 Å². The van der Waals surface area contributed by atoms with Gasteiger partial charge < -0.3 is 20.1 Å². The lowest BCUT2D eigenvalue weighted by Crippen LogP contribution is -2.41. The van der Waals surface area contributed by atoms with Gasteiger partial charge >= 0.3 is 0 Å². The summed E-state index contributed by atoms with van der Waals surface area (Å²) in [6.45, 7) is 5.99. The summed E-state index contributed by atoms with van der Waals surface area (Å²) >= 11 is 0. The number of nitrogens with one attached hydrogen (secondary N) is 2. The molecule has 0 aliphatic heterocycles. The van der Waals surface area contributed by atoms with Crippen molar-refractivity contribution in [3.8, 4) is 11.5 Å². The van der Waals surface area contributed by atoms with Crippen molar-refractivity contribution in [1.29, 1.82) is 0 Å². The van der Waals surface area contributed by atoms with Crippen LogP contribution in [0.3, 0.4) is 0 Å². The quantitative estimate of drug-likeness (QED) is 0.353. The predicted molar refractivity (Wildman–Crippen MR) is 116 cm³/mol. The smallest absolute Gasteiger partial charge is 0.191 e. The summed E-state index contributed by atoms with van der Waals surface area (Å²) in [4.78, 5) is 8.83. The Bertz CT molecular complexity index is 668. The van der Waals surface area contributed by atoms with E-state index in [1.54, 1.807) is 13.3 Å². The molecule has 0 aliphatic carbocycles. The van der Waals surface area contributed by atoms with Gasteiger partial charge in [0.05, 0.1) is 25.9 Å². The maximum absolute atomic E-state index is 5.91. The summed E-state index contributed by atoms with van der Waals surface area (Å²) in [5, 5.41) is 6.52. The van der Waals surface area contributed by atoms with Gasteiger partial charge in [0.15, 0.2) is 5.96 Å². The Morgan fingerprint density at radius 2 is 1.96 bits per heavy atom. The number of aliphatic imine (C=N–C) groups is 1. The Labute approximate surface area is 172 Å². The number of ether oxygens (including phenoxy) is 2. The first-order chi connectivity index (χ1) is 12.2. The van der Waals surface area contributed by atoms with Gasteiger partial charge in [-0.1, -0.05) is 12.1 Å². The first-order valence-electron chi connectivity index (χ1n) is 8.44. The van der Waals surface area contributed by atoms with Crippen molar-refractivity contribution in [2.75, 3.05) is 20.2 Å². The van der Waals surface area contributed by atoms with E-state index in [-0.39, 0.29) is 30.1 Å². The minimum atomic E-state index is -0.0224. The van der Waals surface area contributed by atoms with Crippen LogP contribution in [0.1, 0.15) is 19.5 Å². The second kappa shape index (κ2) is 12.3. The predicted octanol–water partition coefficient (Wildman–Crippen LogP) is 3.23. The van der Waals surface area contributed by atoms with E-state index in [1.165, 1.54) is 0 Å². The highest BCUT2D eigenvalue weighted by Gasteiger charge is 2.06. The Morgan fingerprint density at radius 3 is 2.65 bits per heavy atom. The topological polar surface area (TPSA) is 67.8 Å². The molecule has 1 aromatic carbocycles. The molecule has 0 amide bonds. The monoisotopic (exact) mass is 470 g/mol. The molecule has 0 spiro atoms. The van der Waals surface area contributed by atoms with Gasteiger partial charge in [-0.15, -0.1) is 24.0 Å². The van der Waals surface area contributed by atoms with Crippen molar-refractivity contribution in [3.05, 3.63) is 54.4 Å². The Balaban J connectivity index is 0.00000338. The van der Waals surface area contributed by atoms with Crippen molar-refractivity contribution in [3.63, 3.8) is 0 Å². The molecule has 0 aliphatic rings. The molecule has 6 nitrogen and oxygen atoms in total. The molecular weight excluding hydrogens is 443 g/mol. The van der Waals surface area contributed by atoms with E-state index in [1.807, 2.05) is 56.3 Å². The molecule has 1 aromatic heterocycles. The van der Waals surface area contributed by atoms with Crippen molar-refractivity contribution in [2.45, 2.75) is 26.5 Å². The van der Waals surface area contributed by atoms with Crippen LogP contribution >= 0.6 is 24.0 Å². The van der Waals surface area contributed by atoms with Gasteiger partial charge in [-0.2, -0.15) is 0 Å². The van der Waals surface area contributed by atoms with Crippen LogP contribution in [0.2, 0.25) is 0 Å². The molecule has 0 saturated carbocycles. The van der Waals surface area contributed by atoms with Crippen LogP contribution in [0, 0.1) is 0 Å². The molecule has 0 saturated heterocycles. The number of hydrogen-bond donors (Lipinski definition) is 2. The fraction of sp³-hybridized carbons (Fsp3) is 0.368. The average molecular weight is 470 g/mol.